The van der Waals surface area contributed by atoms with Gasteiger partial charge in [0.2, 0.25) is 0 Å². The van der Waals surface area contributed by atoms with E-state index in [2.05, 4.69) is 4.98 Å². The van der Waals surface area contributed by atoms with E-state index in [1.807, 2.05) is 0 Å². The molecule has 0 saturated heterocycles. The smallest absolute Gasteiger partial charge is 0.281 e. The summed E-state index contributed by atoms with van der Waals surface area (Å²) in [5.41, 5.74) is -0.906. The molecule has 10 nitrogen and oxygen atoms in total. The summed E-state index contributed by atoms with van der Waals surface area (Å²) in [6.45, 7) is 0. The predicted octanol–water partition coefficient (Wildman–Crippen LogP) is 2.00. The van der Waals surface area contributed by atoms with E-state index in [1.165, 1.54) is 41.4 Å². The normalized spacial score (nSPS) is 11.4. The molecule has 158 valence electrons. The third-order valence-electron chi connectivity index (χ3n) is 5.54. The average Bonchev–Trinajstić information content (AvgIpc) is 2.80. The minimum atomic E-state index is -0.616. The van der Waals surface area contributed by atoms with Gasteiger partial charge in [0.05, 0.1) is 27.0 Å². The van der Waals surface area contributed by atoms with Crippen molar-refractivity contribution in [2.24, 2.45) is 14.1 Å². The van der Waals surface area contributed by atoms with E-state index in [9.17, 15) is 24.5 Å². The average molecular weight is 429 g/mol. The number of non-ortho nitro benzene ring substituents is 1. The van der Waals surface area contributed by atoms with Gasteiger partial charge in [-0.15, -0.1) is 0 Å². The Bertz CT molecular complexity index is 1780. The third-order valence-corrected chi connectivity index (χ3v) is 5.54. The molecule has 0 N–H and O–H groups in total. The van der Waals surface area contributed by atoms with Crippen LogP contribution in [-0.2, 0) is 14.1 Å². The summed E-state index contributed by atoms with van der Waals surface area (Å²) in [7, 11) is 2.82. The largest absolute Gasteiger partial charge is 0.332 e. The van der Waals surface area contributed by atoms with Gasteiger partial charge in [-0.2, -0.15) is 0 Å². The molecule has 2 aromatic carbocycles. The highest BCUT2D eigenvalue weighted by Crippen LogP contribution is 2.26. The summed E-state index contributed by atoms with van der Waals surface area (Å²) in [6.07, 6.45) is 0. The van der Waals surface area contributed by atoms with Gasteiger partial charge in [0, 0.05) is 31.6 Å². The first kappa shape index (κ1) is 19.4. The van der Waals surface area contributed by atoms with Gasteiger partial charge in [-0.05, 0) is 24.3 Å². The fraction of sp³-hybridized carbons (Fsp3) is 0.0909. The minimum Gasteiger partial charge on any atom is -0.281 e. The van der Waals surface area contributed by atoms with E-state index in [-0.39, 0.29) is 33.1 Å². The number of nitrogens with zero attached hydrogens (tertiary/aromatic N) is 5. The number of nitro groups is 1. The molecule has 0 saturated carbocycles. The molecule has 3 aromatic heterocycles. The topological polar surface area (TPSA) is 122 Å². The first-order valence-electron chi connectivity index (χ1n) is 9.58. The summed E-state index contributed by atoms with van der Waals surface area (Å²) in [5.74, 6) is 0. The highest BCUT2D eigenvalue weighted by molar-refractivity contribution is 6.06. The Balaban J connectivity index is 2.11. The number of aromatic nitrogens is 4. The number of hydrogen-bond acceptors (Lipinski definition) is 6. The maximum atomic E-state index is 13.6. The van der Waals surface area contributed by atoms with Crippen molar-refractivity contribution in [3.63, 3.8) is 0 Å². The Morgan fingerprint density at radius 3 is 2.31 bits per heavy atom. The van der Waals surface area contributed by atoms with Crippen molar-refractivity contribution in [3.8, 4) is 5.69 Å². The summed E-state index contributed by atoms with van der Waals surface area (Å²) >= 11 is 0. The van der Waals surface area contributed by atoms with Crippen LogP contribution in [0.2, 0.25) is 0 Å². The Morgan fingerprint density at radius 1 is 0.906 bits per heavy atom. The molecule has 10 heteroatoms. The lowest BCUT2D eigenvalue weighted by Gasteiger charge is -2.16. The van der Waals surface area contributed by atoms with Crippen LogP contribution in [0.1, 0.15) is 0 Å². The van der Waals surface area contributed by atoms with Gasteiger partial charge >= 0.3 is 5.69 Å². The minimum absolute atomic E-state index is 0.0708. The van der Waals surface area contributed by atoms with E-state index in [1.54, 1.807) is 36.4 Å². The number of pyridine rings is 2. The maximum Gasteiger partial charge on any atom is 0.332 e. The van der Waals surface area contributed by atoms with Crippen LogP contribution in [0.15, 0.2) is 69.0 Å². The van der Waals surface area contributed by atoms with Crippen LogP contribution in [-0.4, -0.2) is 23.6 Å². The zero-order chi connectivity index (χ0) is 22.7. The number of para-hydroxylation sites is 1. The third kappa shape index (κ3) is 2.59. The number of nitro benzene ring substituents is 1. The summed E-state index contributed by atoms with van der Waals surface area (Å²) < 4.78 is 3.49. The lowest BCUT2D eigenvalue weighted by Crippen LogP contribution is -2.39. The van der Waals surface area contributed by atoms with Crippen molar-refractivity contribution in [2.45, 2.75) is 0 Å². The van der Waals surface area contributed by atoms with Crippen LogP contribution in [0.25, 0.3) is 38.5 Å². The SMILES string of the molecule is Cn1c(=O)c2c3nc4cc([N+](=O)[O-])ccc4cc3c(=O)n(-c3ccccc3)c2n(C)c1=O. The molecule has 5 aromatic rings. The first-order chi connectivity index (χ1) is 15.3. The standard InChI is InChI=1S/C22H15N5O5/c1-24-19-17(21(29)25(2)22(24)30)18-15(20(28)26(19)13-6-4-3-5-7-13)10-12-8-9-14(27(31)32)11-16(12)23-18/h3-11H,1-2H3. The van der Waals surface area contributed by atoms with E-state index in [0.29, 0.717) is 11.1 Å². The molecule has 32 heavy (non-hydrogen) atoms. The van der Waals surface area contributed by atoms with Crippen molar-refractivity contribution in [1.82, 2.24) is 18.7 Å². The zero-order valence-corrected chi connectivity index (χ0v) is 17.0. The van der Waals surface area contributed by atoms with Gasteiger partial charge in [0.25, 0.3) is 16.8 Å². The van der Waals surface area contributed by atoms with E-state index >= 15 is 0 Å². The van der Waals surface area contributed by atoms with Crippen molar-refractivity contribution < 1.29 is 4.92 Å². The number of fused-ring (bicyclic) bond motifs is 4. The molecule has 0 bridgehead atoms. The van der Waals surface area contributed by atoms with Gasteiger partial charge in [-0.25, -0.2) is 9.78 Å². The number of rotatable bonds is 2. The number of hydrogen-bond donors (Lipinski definition) is 0. The van der Waals surface area contributed by atoms with Gasteiger partial charge in [0.15, 0.2) is 0 Å². The second kappa shape index (κ2) is 6.71. The van der Waals surface area contributed by atoms with Crippen molar-refractivity contribution >= 4 is 38.5 Å². The fourth-order valence-electron chi connectivity index (χ4n) is 3.96. The molecule has 3 heterocycles. The van der Waals surface area contributed by atoms with E-state index in [0.717, 1.165) is 4.57 Å². The van der Waals surface area contributed by atoms with Gasteiger partial charge in [0.1, 0.15) is 11.0 Å². The summed E-state index contributed by atoms with van der Waals surface area (Å²) in [5, 5.41) is 11.9. The highest BCUT2D eigenvalue weighted by Gasteiger charge is 2.21. The predicted molar refractivity (Wildman–Crippen MR) is 119 cm³/mol. The zero-order valence-electron chi connectivity index (χ0n) is 17.0. The van der Waals surface area contributed by atoms with Crippen molar-refractivity contribution in [3.05, 3.63) is 95.9 Å². The molecule has 0 amide bonds. The van der Waals surface area contributed by atoms with Crippen LogP contribution in [0.3, 0.4) is 0 Å². The Hall–Kier alpha value is -4.60. The molecule has 0 radical (unpaired) electrons. The lowest BCUT2D eigenvalue weighted by molar-refractivity contribution is -0.384. The van der Waals surface area contributed by atoms with Gasteiger partial charge < -0.3 is 0 Å². The Morgan fingerprint density at radius 2 is 1.62 bits per heavy atom. The van der Waals surface area contributed by atoms with E-state index in [4.69, 9.17) is 0 Å². The molecular weight excluding hydrogens is 414 g/mol. The Kier molecular flexibility index (Phi) is 4.06. The second-order valence-electron chi connectivity index (χ2n) is 7.40. The molecule has 0 unspecified atom stereocenters. The molecule has 0 spiro atoms. The molecular formula is C22H15N5O5. The number of benzene rings is 2. The van der Waals surface area contributed by atoms with Crippen LogP contribution < -0.4 is 16.8 Å². The molecule has 0 fully saturated rings. The second-order valence-corrected chi connectivity index (χ2v) is 7.40. The van der Waals surface area contributed by atoms with E-state index < -0.39 is 21.7 Å². The van der Waals surface area contributed by atoms with Crippen LogP contribution in [0.4, 0.5) is 5.69 Å². The van der Waals surface area contributed by atoms with Crippen LogP contribution in [0, 0.1) is 10.1 Å². The van der Waals surface area contributed by atoms with Crippen molar-refractivity contribution in [2.75, 3.05) is 0 Å². The molecule has 0 aliphatic carbocycles. The fourth-order valence-corrected chi connectivity index (χ4v) is 3.96. The monoisotopic (exact) mass is 429 g/mol. The van der Waals surface area contributed by atoms with Crippen LogP contribution in [0.5, 0.6) is 0 Å². The summed E-state index contributed by atoms with van der Waals surface area (Å²) in [6, 6.07) is 14.4. The quantitative estimate of drug-likeness (QED) is 0.183. The Labute approximate surface area is 178 Å². The first-order valence-corrected chi connectivity index (χ1v) is 9.58. The lowest BCUT2D eigenvalue weighted by atomic mass is 10.1. The maximum absolute atomic E-state index is 13.6. The van der Waals surface area contributed by atoms with Gasteiger partial charge in [-0.3, -0.25) is 33.4 Å². The van der Waals surface area contributed by atoms with Crippen LogP contribution >= 0.6 is 0 Å². The van der Waals surface area contributed by atoms with Crippen molar-refractivity contribution in [1.29, 1.82) is 0 Å². The number of aryl methyl sites for hydroxylation is 1. The molecule has 0 atom stereocenters. The molecule has 0 aliphatic heterocycles. The summed E-state index contributed by atoms with van der Waals surface area (Å²) in [4.78, 5) is 54.6. The highest BCUT2D eigenvalue weighted by atomic mass is 16.6. The molecule has 5 rings (SSSR count). The van der Waals surface area contributed by atoms with Gasteiger partial charge in [-0.1, -0.05) is 18.2 Å². The molecule has 0 aliphatic rings.